The van der Waals surface area contributed by atoms with Crippen molar-refractivity contribution < 1.29 is 4.79 Å². The minimum Gasteiger partial charge on any atom is -0.339 e. The third-order valence-electron chi connectivity index (χ3n) is 2.56. The van der Waals surface area contributed by atoms with Crippen LogP contribution in [0, 0.1) is 0 Å². The zero-order valence-electron chi connectivity index (χ0n) is 11.9. The van der Waals surface area contributed by atoms with Gasteiger partial charge < -0.3 is 16.0 Å². The number of anilines is 1. The molecule has 0 radical (unpaired) electrons. The van der Waals surface area contributed by atoms with Crippen LogP contribution in [0.3, 0.4) is 0 Å². The summed E-state index contributed by atoms with van der Waals surface area (Å²) in [5, 5.41) is 9.15. The van der Waals surface area contributed by atoms with Crippen molar-refractivity contribution in [1.82, 2.24) is 10.6 Å². The van der Waals surface area contributed by atoms with Gasteiger partial charge in [-0.05, 0) is 36.8 Å². The first-order valence-electron chi connectivity index (χ1n) is 6.52. The summed E-state index contributed by atoms with van der Waals surface area (Å²) >= 11 is 34.6. The number of hydrogen-bond acceptors (Lipinski definition) is 2. The van der Waals surface area contributed by atoms with Gasteiger partial charge in [0.15, 0.2) is 5.11 Å². The van der Waals surface area contributed by atoms with Crippen LogP contribution in [0.15, 0.2) is 18.2 Å². The van der Waals surface area contributed by atoms with E-state index in [0.717, 1.165) is 0 Å². The Hall–Kier alpha value is -0.170. The van der Waals surface area contributed by atoms with E-state index in [0.29, 0.717) is 28.6 Å². The molecule has 0 heterocycles. The number of carbonyl (C=O) groups excluding carboxylic acids is 1. The highest BCUT2D eigenvalue weighted by Gasteiger charge is 2.34. The first-order valence-corrected chi connectivity index (χ1v) is 8.82. The summed E-state index contributed by atoms with van der Waals surface area (Å²) in [5.41, 5.74) is 0.525. The van der Waals surface area contributed by atoms with Crippen LogP contribution < -0.4 is 16.0 Å². The lowest BCUT2D eigenvalue weighted by atomic mass is 10.3. The zero-order valence-corrected chi connectivity index (χ0v) is 16.5. The molecule has 0 bridgehead atoms. The van der Waals surface area contributed by atoms with Gasteiger partial charge in [0.05, 0.1) is 10.7 Å². The van der Waals surface area contributed by atoms with Crippen LogP contribution in [0.1, 0.15) is 19.8 Å². The maximum absolute atomic E-state index is 11.7. The molecule has 0 aliphatic heterocycles. The number of alkyl halides is 3. The number of hydrogen-bond donors (Lipinski definition) is 3. The first kappa shape index (κ1) is 20.9. The molecular formula is C13H14Cl5N3OS. The van der Waals surface area contributed by atoms with Crippen LogP contribution >= 0.6 is 70.2 Å². The highest BCUT2D eigenvalue weighted by molar-refractivity contribution is 7.80. The Bertz CT molecular complexity index is 579. The van der Waals surface area contributed by atoms with Gasteiger partial charge >= 0.3 is 0 Å². The fourth-order valence-electron chi connectivity index (χ4n) is 1.54. The molecule has 0 saturated carbocycles. The van der Waals surface area contributed by atoms with Crippen molar-refractivity contribution in [2.75, 3.05) is 5.32 Å². The SMILES string of the molecule is CCCC(=O)NC(NC(=S)Nc1ccc(Cl)cc1Cl)C(Cl)(Cl)Cl. The second kappa shape index (κ2) is 9.35. The lowest BCUT2D eigenvalue weighted by Gasteiger charge is -2.27. The summed E-state index contributed by atoms with van der Waals surface area (Å²) in [6.07, 6.45) is -0.0264. The fourth-order valence-corrected chi connectivity index (χ4v) is 2.55. The molecule has 1 unspecified atom stereocenters. The zero-order chi connectivity index (χ0) is 17.6. The summed E-state index contributed by atoms with van der Waals surface area (Å²) < 4.78 is -1.79. The van der Waals surface area contributed by atoms with E-state index in [-0.39, 0.29) is 11.0 Å². The third kappa shape index (κ3) is 7.50. The van der Waals surface area contributed by atoms with Gasteiger partial charge in [-0.3, -0.25) is 4.79 Å². The molecule has 0 aliphatic rings. The summed E-state index contributed by atoms with van der Waals surface area (Å²) in [7, 11) is 0. The number of rotatable bonds is 5. The largest absolute Gasteiger partial charge is 0.339 e. The molecule has 1 aromatic carbocycles. The summed E-state index contributed by atoms with van der Waals surface area (Å²) in [4.78, 5) is 11.7. The molecule has 0 aliphatic carbocycles. The van der Waals surface area contributed by atoms with E-state index in [2.05, 4.69) is 16.0 Å². The molecule has 0 aromatic heterocycles. The van der Waals surface area contributed by atoms with Crippen LogP contribution in [0.2, 0.25) is 10.0 Å². The average molecular weight is 438 g/mol. The third-order valence-corrected chi connectivity index (χ3v) is 3.99. The maximum atomic E-state index is 11.7. The number of carbonyl (C=O) groups is 1. The Morgan fingerprint density at radius 3 is 2.43 bits per heavy atom. The van der Waals surface area contributed by atoms with E-state index in [1.54, 1.807) is 18.2 Å². The smallest absolute Gasteiger partial charge is 0.228 e. The molecule has 0 spiro atoms. The van der Waals surface area contributed by atoms with Gasteiger partial charge in [0, 0.05) is 11.4 Å². The Morgan fingerprint density at radius 1 is 1.26 bits per heavy atom. The molecule has 1 atom stereocenters. The Balaban J connectivity index is 2.75. The Morgan fingerprint density at radius 2 is 1.91 bits per heavy atom. The van der Waals surface area contributed by atoms with E-state index in [4.69, 9.17) is 70.2 Å². The lowest BCUT2D eigenvalue weighted by molar-refractivity contribution is -0.121. The minimum absolute atomic E-state index is 0.127. The number of halogens is 5. The minimum atomic E-state index is -1.79. The molecule has 0 fully saturated rings. The predicted molar refractivity (Wildman–Crippen MR) is 103 cm³/mol. The molecule has 3 N–H and O–H groups in total. The average Bonchev–Trinajstić information content (AvgIpc) is 2.40. The highest BCUT2D eigenvalue weighted by atomic mass is 35.6. The van der Waals surface area contributed by atoms with Crippen LogP contribution in [-0.4, -0.2) is 21.0 Å². The van der Waals surface area contributed by atoms with E-state index < -0.39 is 9.96 Å². The van der Waals surface area contributed by atoms with E-state index in [9.17, 15) is 4.79 Å². The second-order valence-corrected chi connectivity index (χ2v) is 8.14. The molecular weight excluding hydrogens is 423 g/mol. The molecule has 0 saturated heterocycles. The van der Waals surface area contributed by atoms with Gasteiger partial charge in [0.2, 0.25) is 9.70 Å². The molecule has 1 amide bonds. The van der Waals surface area contributed by atoms with Gasteiger partial charge in [-0.25, -0.2) is 0 Å². The number of benzene rings is 1. The Kier molecular flexibility index (Phi) is 8.48. The lowest BCUT2D eigenvalue weighted by Crippen LogP contribution is -2.56. The number of nitrogens with one attached hydrogen (secondary N) is 3. The van der Waals surface area contributed by atoms with Crippen LogP contribution in [0.25, 0.3) is 0 Å². The van der Waals surface area contributed by atoms with Crippen molar-refractivity contribution in [2.45, 2.75) is 29.7 Å². The normalized spacial score (nSPS) is 12.4. The van der Waals surface area contributed by atoms with Crippen molar-refractivity contribution in [1.29, 1.82) is 0 Å². The fraction of sp³-hybridized carbons (Fsp3) is 0.385. The maximum Gasteiger partial charge on any atom is 0.228 e. The van der Waals surface area contributed by atoms with Crippen LogP contribution in [0.4, 0.5) is 5.69 Å². The van der Waals surface area contributed by atoms with Crippen LogP contribution in [-0.2, 0) is 4.79 Å². The molecule has 1 rings (SSSR count). The molecule has 128 valence electrons. The van der Waals surface area contributed by atoms with Crippen molar-refractivity contribution >= 4 is 86.9 Å². The topological polar surface area (TPSA) is 53.2 Å². The molecule has 4 nitrogen and oxygen atoms in total. The second-order valence-electron chi connectivity index (χ2n) is 4.51. The van der Waals surface area contributed by atoms with Gasteiger partial charge in [-0.2, -0.15) is 0 Å². The number of thiocarbonyl (C=S) groups is 1. The van der Waals surface area contributed by atoms with Crippen molar-refractivity contribution in [2.24, 2.45) is 0 Å². The van der Waals surface area contributed by atoms with Crippen LogP contribution in [0.5, 0.6) is 0 Å². The first-order chi connectivity index (χ1) is 10.6. The highest BCUT2D eigenvalue weighted by Crippen LogP contribution is 2.29. The molecule has 23 heavy (non-hydrogen) atoms. The molecule has 1 aromatic rings. The van der Waals surface area contributed by atoms with Crippen molar-refractivity contribution in [3.8, 4) is 0 Å². The quantitative estimate of drug-likeness (QED) is 0.349. The van der Waals surface area contributed by atoms with E-state index in [1.807, 2.05) is 6.92 Å². The van der Waals surface area contributed by atoms with Gasteiger partial charge in [0.25, 0.3) is 0 Å². The summed E-state index contributed by atoms with van der Waals surface area (Å²) in [6, 6.07) is 4.86. The monoisotopic (exact) mass is 435 g/mol. The van der Waals surface area contributed by atoms with Gasteiger partial charge in [0.1, 0.15) is 6.17 Å². The predicted octanol–water partition coefficient (Wildman–Crippen LogP) is 4.89. The standard InChI is InChI=1S/C13H14Cl5N3OS/c1-2-3-10(22)20-11(13(16,17)18)21-12(23)19-9-5-4-7(14)6-8(9)15/h4-6,11H,2-3H2,1H3,(H,20,22)(H2,19,21,23). The van der Waals surface area contributed by atoms with E-state index in [1.165, 1.54) is 0 Å². The van der Waals surface area contributed by atoms with E-state index >= 15 is 0 Å². The Labute approximate surface area is 165 Å². The van der Waals surface area contributed by atoms with Gasteiger partial charge in [-0.1, -0.05) is 64.9 Å². The molecule has 10 heteroatoms. The summed E-state index contributed by atoms with van der Waals surface area (Å²) in [6.45, 7) is 1.87. The van der Waals surface area contributed by atoms with Gasteiger partial charge in [-0.15, -0.1) is 0 Å². The summed E-state index contributed by atoms with van der Waals surface area (Å²) in [5.74, 6) is -0.261. The van der Waals surface area contributed by atoms with Crippen molar-refractivity contribution in [3.05, 3.63) is 28.2 Å². The van der Waals surface area contributed by atoms with Crippen molar-refractivity contribution in [3.63, 3.8) is 0 Å². The number of amides is 1.